The number of carbonyl (C=O) groups excluding carboxylic acids is 2. The average Bonchev–Trinajstić information content (AvgIpc) is 2.89. The number of hydrogen-bond donors (Lipinski definition) is 1. The van der Waals surface area contributed by atoms with Gasteiger partial charge in [-0.15, -0.1) is 0 Å². The van der Waals surface area contributed by atoms with Crippen LogP contribution in [0.4, 0.5) is 5.69 Å². The normalized spacial score (nSPS) is 14.3. The zero-order valence-electron chi connectivity index (χ0n) is 20.6. The minimum absolute atomic E-state index is 0.0646. The summed E-state index contributed by atoms with van der Waals surface area (Å²) in [5, 5.41) is 0. The summed E-state index contributed by atoms with van der Waals surface area (Å²) in [6.07, 6.45) is 6.13. The molecule has 0 radical (unpaired) electrons. The first kappa shape index (κ1) is 25.6. The van der Waals surface area contributed by atoms with E-state index < -0.39 is 22.6 Å². The molecule has 188 valence electrons. The van der Waals surface area contributed by atoms with Crippen molar-refractivity contribution in [3.05, 3.63) is 94.5 Å². The third kappa shape index (κ3) is 6.21. The molecular formula is C29H31NO5S. The summed E-state index contributed by atoms with van der Waals surface area (Å²) in [4.78, 5) is 25.3. The maximum Gasteiger partial charge on any atom is 0.338 e. The maximum atomic E-state index is 12.8. The molecule has 3 aromatic rings. The number of carbonyl (C=O) groups is 2. The predicted molar refractivity (Wildman–Crippen MR) is 140 cm³/mol. The molecule has 1 fully saturated rings. The molecule has 0 amide bonds. The van der Waals surface area contributed by atoms with E-state index in [0.717, 1.165) is 5.56 Å². The van der Waals surface area contributed by atoms with Gasteiger partial charge in [0, 0.05) is 11.3 Å². The van der Waals surface area contributed by atoms with Crippen LogP contribution in [0, 0.1) is 13.8 Å². The molecule has 1 saturated carbocycles. The molecule has 0 aliphatic heterocycles. The maximum absolute atomic E-state index is 12.8. The van der Waals surface area contributed by atoms with Gasteiger partial charge in [0.25, 0.3) is 10.0 Å². The lowest BCUT2D eigenvalue weighted by Gasteiger charge is -2.22. The van der Waals surface area contributed by atoms with E-state index in [1.54, 1.807) is 49.4 Å². The number of rotatable bonds is 8. The van der Waals surface area contributed by atoms with Gasteiger partial charge in [0.1, 0.15) is 0 Å². The highest BCUT2D eigenvalue weighted by Gasteiger charge is 2.21. The SMILES string of the molecule is Cc1ccc(NS(=O)(=O)c2ccc(C)c(C(=O)OCC(=O)c3ccc(C4CCCCC4)cc3)c2)cc1. The van der Waals surface area contributed by atoms with Gasteiger partial charge < -0.3 is 4.74 Å². The molecule has 3 aromatic carbocycles. The number of ketones is 1. The molecule has 0 unspecified atom stereocenters. The standard InChI is InChI=1S/C29H31NO5S/c1-20-8-15-25(16-9-20)30-36(33,34)26-17-10-21(2)27(18-26)29(32)35-19-28(31)24-13-11-23(12-14-24)22-6-4-3-5-7-22/h8-18,22,30H,3-7,19H2,1-2H3. The highest BCUT2D eigenvalue weighted by atomic mass is 32.2. The van der Waals surface area contributed by atoms with Crippen LogP contribution in [-0.2, 0) is 14.8 Å². The predicted octanol–water partition coefficient (Wildman–Crippen LogP) is 6.19. The minimum Gasteiger partial charge on any atom is -0.454 e. The summed E-state index contributed by atoms with van der Waals surface area (Å²) in [5.41, 5.74) is 3.81. The zero-order valence-corrected chi connectivity index (χ0v) is 21.4. The van der Waals surface area contributed by atoms with Crippen molar-refractivity contribution in [3.8, 4) is 0 Å². The fourth-order valence-corrected chi connectivity index (χ4v) is 5.58. The van der Waals surface area contributed by atoms with Crippen molar-refractivity contribution in [3.63, 3.8) is 0 Å². The molecule has 0 atom stereocenters. The zero-order chi connectivity index (χ0) is 25.7. The number of anilines is 1. The van der Waals surface area contributed by atoms with E-state index in [1.807, 2.05) is 19.1 Å². The lowest BCUT2D eigenvalue weighted by atomic mass is 9.84. The van der Waals surface area contributed by atoms with Crippen molar-refractivity contribution >= 4 is 27.5 Å². The second-order valence-corrected chi connectivity index (χ2v) is 11.1. The van der Waals surface area contributed by atoms with Crippen molar-refractivity contribution < 1.29 is 22.7 Å². The van der Waals surface area contributed by atoms with E-state index in [2.05, 4.69) is 4.72 Å². The van der Waals surface area contributed by atoms with Gasteiger partial charge in [-0.3, -0.25) is 9.52 Å². The Balaban J connectivity index is 1.41. The monoisotopic (exact) mass is 505 g/mol. The molecule has 0 saturated heterocycles. The second-order valence-electron chi connectivity index (χ2n) is 9.40. The molecule has 1 N–H and O–H groups in total. The number of ether oxygens (including phenoxy) is 1. The van der Waals surface area contributed by atoms with Crippen molar-refractivity contribution in [1.82, 2.24) is 0 Å². The number of sulfonamides is 1. The number of nitrogens with one attached hydrogen (secondary N) is 1. The molecule has 4 rings (SSSR count). The number of esters is 1. The molecule has 36 heavy (non-hydrogen) atoms. The van der Waals surface area contributed by atoms with E-state index in [4.69, 9.17) is 4.74 Å². The highest BCUT2D eigenvalue weighted by molar-refractivity contribution is 7.92. The van der Waals surface area contributed by atoms with Crippen LogP contribution in [0.1, 0.15) is 75.4 Å². The summed E-state index contributed by atoms with van der Waals surface area (Å²) >= 11 is 0. The van der Waals surface area contributed by atoms with Crippen molar-refractivity contribution in [2.24, 2.45) is 0 Å². The summed E-state index contributed by atoms with van der Waals surface area (Å²) in [6, 6.07) is 18.8. The van der Waals surface area contributed by atoms with Gasteiger partial charge in [-0.05, 0) is 68.0 Å². The number of benzene rings is 3. The first-order valence-corrected chi connectivity index (χ1v) is 13.7. The fourth-order valence-electron chi connectivity index (χ4n) is 4.49. The van der Waals surface area contributed by atoms with Crippen LogP contribution in [0.2, 0.25) is 0 Å². The Morgan fingerprint density at radius 1 is 0.889 bits per heavy atom. The Morgan fingerprint density at radius 2 is 1.56 bits per heavy atom. The third-order valence-corrected chi connectivity index (χ3v) is 8.07. The molecule has 0 heterocycles. The highest BCUT2D eigenvalue weighted by Crippen LogP contribution is 2.32. The molecule has 0 bridgehead atoms. The van der Waals surface area contributed by atoms with E-state index in [-0.39, 0.29) is 16.2 Å². The summed E-state index contributed by atoms with van der Waals surface area (Å²) in [6.45, 7) is 3.18. The quantitative estimate of drug-likeness (QED) is 0.291. The first-order chi connectivity index (χ1) is 17.2. The van der Waals surface area contributed by atoms with Crippen LogP contribution in [0.25, 0.3) is 0 Å². The minimum atomic E-state index is -3.91. The van der Waals surface area contributed by atoms with Gasteiger partial charge in [0.2, 0.25) is 0 Å². The lowest BCUT2D eigenvalue weighted by molar-refractivity contribution is 0.0473. The van der Waals surface area contributed by atoms with Gasteiger partial charge in [-0.25, -0.2) is 13.2 Å². The Hall–Kier alpha value is -3.45. The number of hydrogen-bond acceptors (Lipinski definition) is 5. The largest absolute Gasteiger partial charge is 0.454 e. The molecule has 1 aliphatic rings. The van der Waals surface area contributed by atoms with Crippen LogP contribution in [0.3, 0.4) is 0 Å². The van der Waals surface area contributed by atoms with Crippen molar-refractivity contribution in [2.75, 3.05) is 11.3 Å². The average molecular weight is 506 g/mol. The van der Waals surface area contributed by atoms with Gasteiger partial charge in [-0.2, -0.15) is 0 Å². The van der Waals surface area contributed by atoms with Gasteiger partial charge in [0.05, 0.1) is 10.5 Å². The first-order valence-electron chi connectivity index (χ1n) is 12.2. The van der Waals surface area contributed by atoms with E-state index >= 15 is 0 Å². The van der Waals surface area contributed by atoms with Gasteiger partial charge in [0.15, 0.2) is 12.4 Å². The fraction of sp³-hybridized carbons (Fsp3) is 0.310. The Kier molecular flexibility index (Phi) is 7.89. The number of Topliss-reactive ketones (excluding diaryl/α,β-unsaturated/α-hetero) is 1. The van der Waals surface area contributed by atoms with Crippen LogP contribution < -0.4 is 4.72 Å². The number of aryl methyl sites for hydroxylation is 2. The Morgan fingerprint density at radius 3 is 2.22 bits per heavy atom. The van der Waals surface area contributed by atoms with Crippen LogP contribution in [0.15, 0.2) is 71.6 Å². The van der Waals surface area contributed by atoms with Gasteiger partial charge >= 0.3 is 5.97 Å². The summed E-state index contributed by atoms with van der Waals surface area (Å²) in [7, 11) is -3.91. The molecule has 6 nitrogen and oxygen atoms in total. The van der Waals surface area contributed by atoms with Crippen LogP contribution >= 0.6 is 0 Å². The van der Waals surface area contributed by atoms with Gasteiger partial charge in [-0.1, -0.05) is 67.3 Å². The smallest absolute Gasteiger partial charge is 0.338 e. The van der Waals surface area contributed by atoms with Crippen LogP contribution in [-0.4, -0.2) is 26.8 Å². The summed E-state index contributed by atoms with van der Waals surface area (Å²) < 4.78 is 33.5. The summed E-state index contributed by atoms with van der Waals surface area (Å²) in [5.74, 6) is -0.499. The van der Waals surface area contributed by atoms with Crippen molar-refractivity contribution in [2.45, 2.75) is 56.8 Å². The Bertz CT molecular complexity index is 1340. The van der Waals surface area contributed by atoms with E-state index in [9.17, 15) is 18.0 Å². The Labute approximate surface area is 212 Å². The second kappa shape index (κ2) is 11.1. The third-order valence-electron chi connectivity index (χ3n) is 6.69. The molecule has 0 spiro atoms. The topological polar surface area (TPSA) is 89.5 Å². The van der Waals surface area contributed by atoms with Crippen molar-refractivity contribution in [1.29, 1.82) is 0 Å². The molecule has 0 aromatic heterocycles. The molecule has 7 heteroatoms. The molecule has 1 aliphatic carbocycles. The lowest BCUT2D eigenvalue weighted by Crippen LogP contribution is -2.17. The van der Waals surface area contributed by atoms with E-state index in [1.165, 1.54) is 49.8 Å². The molecular weight excluding hydrogens is 474 g/mol. The van der Waals surface area contributed by atoms with Crippen LogP contribution in [0.5, 0.6) is 0 Å². The van der Waals surface area contributed by atoms with E-state index in [0.29, 0.717) is 22.7 Å².